The van der Waals surface area contributed by atoms with E-state index < -0.39 is 0 Å². The largest absolute Gasteiger partial charge is 0.468 e. The highest BCUT2D eigenvalue weighted by molar-refractivity contribution is 5.77. The second-order valence-corrected chi connectivity index (χ2v) is 4.62. The minimum Gasteiger partial charge on any atom is -0.468 e. The third-order valence-electron chi connectivity index (χ3n) is 3.33. The molecule has 1 heterocycles. The maximum atomic E-state index is 12.0. The number of carbonyl (C=O) groups is 1. The second kappa shape index (κ2) is 5.98. The molecule has 4 heteroatoms. The Kier molecular flexibility index (Phi) is 4.33. The summed E-state index contributed by atoms with van der Waals surface area (Å²) in [6, 6.07) is 7.82. The molecule has 4 nitrogen and oxygen atoms in total. The molecule has 1 fully saturated rings. The quantitative estimate of drug-likeness (QED) is 0.814. The van der Waals surface area contributed by atoms with Crippen molar-refractivity contribution < 1.29 is 9.53 Å². The van der Waals surface area contributed by atoms with Crippen molar-refractivity contribution in [1.82, 2.24) is 10.2 Å². The monoisotopic (exact) mass is 248 g/mol. The summed E-state index contributed by atoms with van der Waals surface area (Å²) in [5, 5.41) is 3.29. The van der Waals surface area contributed by atoms with Crippen LogP contribution < -0.4 is 5.32 Å². The fraction of sp³-hybridized carbons (Fsp3) is 0.500. The van der Waals surface area contributed by atoms with Gasteiger partial charge in [-0.1, -0.05) is 29.8 Å². The molecule has 0 aromatic heterocycles. The van der Waals surface area contributed by atoms with Gasteiger partial charge in [-0.2, -0.15) is 0 Å². The summed E-state index contributed by atoms with van der Waals surface area (Å²) in [6.07, 6.45) is 0. The van der Waals surface area contributed by atoms with E-state index in [1.165, 1.54) is 12.7 Å². The Balaban J connectivity index is 2.23. The average Bonchev–Trinajstić information content (AvgIpc) is 2.42. The van der Waals surface area contributed by atoms with E-state index in [1.54, 1.807) is 0 Å². The number of rotatable bonds is 3. The number of hydrogen-bond donors (Lipinski definition) is 1. The minimum absolute atomic E-state index is 0.180. The van der Waals surface area contributed by atoms with Crippen LogP contribution in [0.3, 0.4) is 0 Å². The van der Waals surface area contributed by atoms with Crippen LogP contribution in [0.5, 0.6) is 0 Å². The first-order chi connectivity index (χ1) is 8.72. The lowest BCUT2D eigenvalue weighted by Gasteiger charge is -2.33. The van der Waals surface area contributed by atoms with Gasteiger partial charge < -0.3 is 10.1 Å². The van der Waals surface area contributed by atoms with Gasteiger partial charge in [-0.15, -0.1) is 0 Å². The van der Waals surface area contributed by atoms with E-state index in [2.05, 4.69) is 10.2 Å². The van der Waals surface area contributed by atoms with Crippen LogP contribution >= 0.6 is 0 Å². The van der Waals surface area contributed by atoms with Gasteiger partial charge in [-0.05, 0) is 12.5 Å². The number of methoxy groups -OCH3 is 1. The van der Waals surface area contributed by atoms with Gasteiger partial charge >= 0.3 is 5.97 Å². The van der Waals surface area contributed by atoms with E-state index in [1.807, 2.05) is 31.2 Å². The van der Waals surface area contributed by atoms with Crippen molar-refractivity contribution >= 4 is 5.97 Å². The van der Waals surface area contributed by atoms with Crippen LogP contribution in [0.4, 0.5) is 0 Å². The average molecular weight is 248 g/mol. The van der Waals surface area contributed by atoms with E-state index in [9.17, 15) is 4.79 Å². The molecule has 98 valence electrons. The van der Waals surface area contributed by atoms with E-state index in [4.69, 9.17) is 4.74 Å². The van der Waals surface area contributed by atoms with Gasteiger partial charge in [0, 0.05) is 26.2 Å². The summed E-state index contributed by atoms with van der Waals surface area (Å²) in [6.45, 7) is 5.61. The van der Waals surface area contributed by atoms with Gasteiger partial charge in [0.25, 0.3) is 0 Å². The fourth-order valence-electron chi connectivity index (χ4n) is 2.30. The highest BCUT2D eigenvalue weighted by Crippen LogP contribution is 2.23. The number of carbonyl (C=O) groups excluding carboxylic acids is 1. The molecule has 0 bridgehead atoms. The highest BCUT2D eigenvalue weighted by atomic mass is 16.5. The van der Waals surface area contributed by atoms with Crippen LogP contribution in [0.15, 0.2) is 24.3 Å². The number of ether oxygens (including phenoxy) is 1. The topological polar surface area (TPSA) is 41.6 Å². The zero-order chi connectivity index (χ0) is 13.0. The van der Waals surface area contributed by atoms with Crippen molar-refractivity contribution in [1.29, 1.82) is 0 Å². The van der Waals surface area contributed by atoms with Gasteiger partial charge in [-0.25, -0.2) is 4.79 Å². The number of nitrogens with zero attached hydrogens (tertiary/aromatic N) is 1. The maximum absolute atomic E-state index is 12.0. The van der Waals surface area contributed by atoms with E-state index in [0.717, 1.165) is 31.7 Å². The standard InChI is InChI=1S/C14H20N2O2/c1-11-3-5-12(6-4-11)13(14(17)18-2)16-9-7-15-8-10-16/h3-6,13,15H,7-10H2,1-2H3. The van der Waals surface area contributed by atoms with Crippen LogP contribution in [0.1, 0.15) is 17.2 Å². The second-order valence-electron chi connectivity index (χ2n) is 4.62. The zero-order valence-corrected chi connectivity index (χ0v) is 11.0. The van der Waals surface area contributed by atoms with Crippen LogP contribution in [-0.2, 0) is 9.53 Å². The van der Waals surface area contributed by atoms with Crippen LogP contribution in [0, 0.1) is 6.92 Å². The molecule has 18 heavy (non-hydrogen) atoms. The molecule has 1 saturated heterocycles. The Morgan fingerprint density at radius 1 is 1.28 bits per heavy atom. The molecular formula is C14H20N2O2. The Labute approximate surface area is 108 Å². The van der Waals surface area contributed by atoms with E-state index in [-0.39, 0.29) is 12.0 Å². The SMILES string of the molecule is COC(=O)C(c1ccc(C)cc1)N1CCNCC1. The van der Waals surface area contributed by atoms with Gasteiger partial charge in [0.05, 0.1) is 7.11 Å². The molecule has 0 amide bonds. The molecule has 0 saturated carbocycles. The molecule has 1 aliphatic rings. The number of nitrogens with one attached hydrogen (secondary N) is 1. The lowest BCUT2D eigenvalue weighted by molar-refractivity contribution is -0.147. The normalized spacial score (nSPS) is 18.3. The number of piperazine rings is 1. The highest BCUT2D eigenvalue weighted by Gasteiger charge is 2.29. The molecule has 0 radical (unpaired) electrons. The summed E-state index contributed by atoms with van der Waals surface area (Å²) >= 11 is 0. The number of hydrogen-bond acceptors (Lipinski definition) is 4. The third kappa shape index (κ3) is 2.89. The number of benzene rings is 1. The predicted octanol–water partition coefficient (Wildman–Crippen LogP) is 1.11. The van der Waals surface area contributed by atoms with Crippen molar-refractivity contribution in [3.05, 3.63) is 35.4 Å². The first-order valence-corrected chi connectivity index (χ1v) is 6.31. The number of aryl methyl sites for hydroxylation is 1. The Morgan fingerprint density at radius 3 is 2.44 bits per heavy atom. The summed E-state index contributed by atoms with van der Waals surface area (Å²) in [7, 11) is 1.45. The van der Waals surface area contributed by atoms with Crippen molar-refractivity contribution in [2.75, 3.05) is 33.3 Å². The summed E-state index contributed by atoms with van der Waals surface area (Å²) in [5.74, 6) is -0.180. The van der Waals surface area contributed by atoms with E-state index in [0.29, 0.717) is 0 Å². The van der Waals surface area contributed by atoms with Crippen LogP contribution in [0.2, 0.25) is 0 Å². The predicted molar refractivity (Wildman–Crippen MR) is 70.4 cm³/mol. The third-order valence-corrected chi connectivity index (χ3v) is 3.33. The fourth-order valence-corrected chi connectivity index (χ4v) is 2.30. The molecule has 1 unspecified atom stereocenters. The Hall–Kier alpha value is -1.39. The molecule has 0 spiro atoms. The van der Waals surface area contributed by atoms with E-state index >= 15 is 0 Å². The van der Waals surface area contributed by atoms with Crippen molar-refractivity contribution in [2.24, 2.45) is 0 Å². The molecule has 1 aromatic rings. The van der Waals surface area contributed by atoms with Crippen molar-refractivity contribution in [2.45, 2.75) is 13.0 Å². The molecule has 0 aliphatic carbocycles. The van der Waals surface area contributed by atoms with Gasteiger partial charge in [0.15, 0.2) is 0 Å². The van der Waals surface area contributed by atoms with Crippen molar-refractivity contribution in [3.63, 3.8) is 0 Å². The molecule has 1 aromatic carbocycles. The molecule has 1 N–H and O–H groups in total. The minimum atomic E-state index is -0.280. The lowest BCUT2D eigenvalue weighted by Crippen LogP contribution is -2.47. The smallest absolute Gasteiger partial charge is 0.327 e. The zero-order valence-electron chi connectivity index (χ0n) is 11.0. The van der Waals surface area contributed by atoms with Crippen molar-refractivity contribution in [3.8, 4) is 0 Å². The van der Waals surface area contributed by atoms with Gasteiger partial charge in [0.2, 0.25) is 0 Å². The van der Waals surface area contributed by atoms with Crippen LogP contribution in [-0.4, -0.2) is 44.2 Å². The first-order valence-electron chi connectivity index (χ1n) is 6.31. The molecular weight excluding hydrogens is 228 g/mol. The molecule has 1 aliphatic heterocycles. The van der Waals surface area contributed by atoms with Crippen LogP contribution in [0.25, 0.3) is 0 Å². The lowest BCUT2D eigenvalue weighted by atomic mass is 10.0. The summed E-state index contributed by atoms with van der Waals surface area (Å²) in [4.78, 5) is 14.2. The first kappa shape index (κ1) is 13.1. The molecule has 2 rings (SSSR count). The van der Waals surface area contributed by atoms with Gasteiger partial charge in [0.1, 0.15) is 6.04 Å². The molecule has 1 atom stereocenters. The maximum Gasteiger partial charge on any atom is 0.327 e. The summed E-state index contributed by atoms with van der Waals surface area (Å²) < 4.78 is 4.95. The Morgan fingerprint density at radius 2 is 1.89 bits per heavy atom. The Bertz CT molecular complexity index is 397. The summed E-state index contributed by atoms with van der Waals surface area (Å²) in [5.41, 5.74) is 2.21. The van der Waals surface area contributed by atoms with Gasteiger partial charge in [-0.3, -0.25) is 4.90 Å². The number of esters is 1.